The number of aromatic amines is 1. The summed E-state index contributed by atoms with van der Waals surface area (Å²) < 4.78 is 7.36. The van der Waals surface area contributed by atoms with Gasteiger partial charge in [0.1, 0.15) is 12.3 Å². The summed E-state index contributed by atoms with van der Waals surface area (Å²) in [5, 5.41) is 29.2. The number of aliphatic hydroxyl groups is 2. The van der Waals surface area contributed by atoms with E-state index in [2.05, 4.69) is 32.4 Å². The van der Waals surface area contributed by atoms with Crippen LogP contribution in [-0.2, 0) is 4.74 Å². The maximum Gasteiger partial charge on any atom is 0.280 e. The smallest absolute Gasteiger partial charge is 0.280 e. The summed E-state index contributed by atoms with van der Waals surface area (Å²) in [6.07, 6.45) is -0.383. The Morgan fingerprint density at radius 1 is 1.08 bits per heavy atom. The second-order valence-electron chi connectivity index (χ2n) is 9.17. The molecule has 1 aliphatic rings. The van der Waals surface area contributed by atoms with Crippen LogP contribution < -0.4 is 16.6 Å². The van der Waals surface area contributed by atoms with Crippen LogP contribution in [0.2, 0.25) is 0 Å². The largest absolute Gasteiger partial charge is 0.398 e. The minimum absolute atomic E-state index is 0.164. The van der Waals surface area contributed by atoms with Gasteiger partial charge in [0.2, 0.25) is 5.95 Å². The van der Waals surface area contributed by atoms with Crippen molar-refractivity contribution in [2.45, 2.75) is 24.9 Å². The van der Waals surface area contributed by atoms with Gasteiger partial charge in [-0.1, -0.05) is 36.4 Å². The Bertz CT molecular complexity index is 1840. The first-order chi connectivity index (χ1) is 17.5. The van der Waals surface area contributed by atoms with Gasteiger partial charge >= 0.3 is 0 Å². The molecule has 0 spiro atoms. The van der Waals surface area contributed by atoms with Gasteiger partial charge in [-0.25, -0.2) is 4.98 Å². The summed E-state index contributed by atoms with van der Waals surface area (Å²) >= 11 is 0. The highest BCUT2D eigenvalue weighted by molar-refractivity contribution is 6.27. The Morgan fingerprint density at radius 2 is 1.81 bits per heavy atom. The number of aliphatic hydroxyl groups excluding tert-OH is 2. The molecule has 1 saturated heterocycles. The topological polar surface area (TPSA) is 151 Å². The number of nitrogens with one attached hydrogen (secondary N) is 2. The summed E-state index contributed by atoms with van der Waals surface area (Å²) in [6.45, 7) is -0.300. The summed E-state index contributed by atoms with van der Waals surface area (Å²) in [6, 6.07) is 16.1. The quantitative estimate of drug-likeness (QED) is 0.190. The van der Waals surface area contributed by atoms with E-state index >= 15 is 0 Å². The maximum atomic E-state index is 12.8. The fourth-order valence-electron chi connectivity index (χ4n) is 5.31. The second-order valence-corrected chi connectivity index (χ2v) is 9.17. The van der Waals surface area contributed by atoms with Gasteiger partial charge in [0.05, 0.1) is 19.0 Å². The summed E-state index contributed by atoms with van der Waals surface area (Å²) in [7, 11) is 0. The van der Waals surface area contributed by atoms with Crippen molar-refractivity contribution in [3.8, 4) is 0 Å². The predicted octanol–water partition coefficient (Wildman–Crippen LogP) is 2.98. The summed E-state index contributed by atoms with van der Waals surface area (Å²) in [4.78, 5) is 24.4. The third-order valence-corrected chi connectivity index (χ3v) is 7.08. The van der Waals surface area contributed by atoms with Crippen LogP contribution in [-0.4, -0.2) is 48.5 Å². The second kappa shape index (κ2) is 7.62. The molecule has 3 heterocycles. The van der Waals surface area contributed by atoms with Crippen molar-refractivity contribution in [1.82, 2.24) is 19.5 Å². The number of aromatic nitrogens is 4. The Hall–Kier alpha value is -4.25. The maximum absolute atomic E-state index is 12.8. The lowest BCUT2D eigenvalue weighted by Crippen LogP contribution is -2.24. The molecule has 4 aromatic carbocycles. The monoisotopic (exact) mass is 482 g/mol. The number of ether oxygens (including phenoxy) is 1. The van der Waals surface area contributed by atoms with Gasteiger partial charge in [0.25, 0.3) is 5.56 Å². The Balaban J connectivity index is 1.35. The molecule has 1 aliphatic heterocycles. The van der Waals surface area contributed by atoms with E-state index in [-0.39, 0.29) is 24.5 Å². The lowest BCUT2D eigenvalue weighted by molar-refractivity contribution is -0.0432. The Morgan fingerprint density at radius 3 is 2.58 bits per heavy atom. The number of nitrogens with two attached hydrogens (primary N) is 1. The van der Waals surface area contributed by atoms with Gasteiger partial charge in [-0.3, -0.25) is 14.3 Å². The van der Waals surface area contributed by atoms with Crippen LogP contribution in [0.25, 0.3) is 43.5 Å². The van der Waals surface area contributed by atoms with Crippen LogP contribution in [0.4, 0.5) is 17.3 Å². The van der Waals surface area contributed by atoms with E-state index in [0.717, 1.165) is 43.7 Å². The molecule has 2 aromatic heterocycles. The number of hydrogen-bond donors (Lipinski definition) is 5. The summed E-state index contributed by atoms with van der Waals surface area (Å²) in [5.74, 6) is 0.251. The molecule has 6 aromatic rings. The molecule has 0 aliphatic carbocycles. The normalized spacial score (nSPS) is 20.3. The molecule has 10 heteroatoms. The number of imidazole rings is 1. The molecule has 0 amide bonds. The lowest BCUT2D eigenvalue weighted by atomic mass is 9.93. The van der Waals surface area contributed by atoms with Crippen molar-refractivity contribution in [2.75, 3.05) is 17.7 Å². The third-order valence-electron chi connectivity index (χ3n) is 7.08. The number of nitrogen functional groups attached to an aromatic ring is 1. The van der Waals surface area contributed by atoms with E-state index in [1.807, 2.05) is 36.4 Å². The third kappa shape index (κ3) is 2.99. The fourth-order valence-corrected chi connectivity index (χ4v) is 5.31. The lowest BCUT2D eigenvalue weighted by Gasteiger charge is -2.16. The van der Waals surface area contributed by atoms with Crippen LogP contribution in [0.3, 0.4) is 0 Å². The van der Waals surface area contributed by atoms with Crippen LogP contribution in [0.1, 0.15) is 12.6 Å². The summed E-state index contributed by atoms with van der Waals surface area (Å²) in [5.41, 5.74) is 7.86. The van der Waals surface area contributed by atoms with Gasteiger partial charge < -0.3 is 26.0 Å². The van der Waals surface area contributed by atoms with Gasteiger partial charge in [0, 0.05) is 28.6 Å². The molecule has 6 N–H and O–H groups in total. The minimum atomic E-state index is -0.816. The molecule has 0 bridgehead atoms. The van der Waals surface area contributed by atoms with Gasteiger partial charge in [-0.15, -0.1) is 0 Å². The average molecular weight is 483 g/mol. The highest BCUT2D eigenvalue weighted by Crippen LogP contribution is 2.40. The van der Waals surface area contributed by atoms with Crippen molar-refractivity contribution in [3.63, 3.8) is 0 Å². The van der Waals surface area contributed by atoms with E-state index < -0.39 is 24.0 Å². The molecule has 0 radical (unpaired) electrons. The van der Waals surface area contributed by atoms with Crippen LogP contribution in [0, 0.1) is 0 Å². The molecule has 7 rings (SSSR count). The zero-order chi connectivity index (χ0) is 24.6. The molecular weight excluding hydrogens is 460 g/mol. The molecule has 36 heavy (non-hydrogen) atoms. The molecule has 1 fully saturated rings. The van der Waals surface area contributed by atoms with Crippen molar-refractivity contribution in [2.24, 2.45) is 0 Å². The molecular formula is C26H22N6O4. The Kier molecular flexibility index (Phi) is 4.46. The van der Waals surface area contributed by atoms with Crippen molar-refractivity contribution < 1.29 is 14.9 Å². The SMILES string of the molecule is Nc1ccc2ccc3c(Nc4nc5c(ncn5[C@H]5C[C@H](O)[C@@H](CO)O5)c(=O)[nH]4)ccc4ccc1c2c43. The van der Waals surface area contributed by atoms with Crippen molar-refractivity contribution in [1.29, 1.82) is 0 Å². The number of hydrogen-bond acceptors (Lipinski definition) is 8. The number of rotatable bonds is 4. The van der Waals surface area contributed by atoms with E-state index in [1.165, 1.54) is 6.33 Å². The molecule has 0 unspecified atom stereocenters. The average Bonchev–Trinajstić information content (AvgIpc) is 3.48. The van der Waals surface area contributed by atoms with E-state index in [4.69, 9.17) is 10.5 Å². The molecule has 10 nitrogen and oxygen atoms in total. The number of nitrogens with zero attached hydrogens (tertiary/aromatic N) is 3. The van der Waals surface area contributed by atoms with Crippen LogP contribution in [0.5, 0.6) is 0 Å². The van der Waals surface area contributed by atoms with Crippen molar-refractivity contribution in [3.05, 3.63) is 65.2 Å². The van der Waals surface area contributed by atoms with E-state index in [9.17, 15) is 15.0 Å². The first-order valence-corrected chi connectivity index (χ1v) is 11.7. The zero-order valence-corrected chi connectivity index (χ0v) is 19.0. The highest BCUT2D eigenvalue weighted by Gasteiger charge is 2.35. The number of anilines is 3. The molecule has 3 atom stereocenters. The van der Waals surface area contributed by atoms with Crippen LogP contribution in [0.15, 0.2) is 59.7 Å². The minimum Gasteiger partial charge on any atom is -0.398 e. The number of benzene rings is 4. The van der Waals surface area contributed by atoms with E-state index in [1.54, 1.807) is 4.57 Å². The first-order valence-electron chi connectivity index (χ1n) is 11.7. The highest BCUT2D eigenvalue weighted by atomic mass is 16.5. The van der Waals surface area contributed by atoms with Crippen LogP contribution >= 0.6 is 0 Å². The zero-order valence-electron chi connectivity index (χ0n) is 19.0. The predicted molar refractivity (Wildman–Crippen MR) is 138 cm³/mol. The van der Waals surface area contributed by atoms with Crippen molar-refractivity contribution >= 4 is 60.8 Å². The van der Waals surface area contributed by atoms with Gasteiger partial charge in [-0.05, 0) is 33.7 Å². The number of fused-ring (bicyclic) bond motifs is 1. The van der Waals surface area contributed by atoms with Gasteiger partial charge in [-0.2, -0.15) is 4.98 Å². The standard InChI is InChI=1S/C26H22N6O4/c27-16-7-3-12-2-6-15-17(8-4-13-1-5-14(16)21(12)22(13)15)29-26-30-24-23(25(35)31-26)28-11-32(24)20-9-18(34)19(10-33)36-20/h1-8,11,18-20,33-34H,9-10,27H2,(H2,29,30,31,35)/t18-,19+,20+/m0/s1. The van der Waals surface area contributed by atoms with E-state index in [0.29, 0.717) is 5.65 Å². The number of H-pyrrole nitrogens is 1. The molecule has 180 valence electrons. The molecule has 0 saturated carbocycles. The van der Waals surface area contributed by atoms with Gasteiger partial charge in [0.15, 0.2) is 11.2 Å². The first kappa shape index (κ1) is 21.1. The fraction of sp³-hybridized carbons (Fsp3) is 0.192. The Labute approximate surface area is 203 Å².